The number of fused-ring (bicyclic) bond motifs is 1. The molecule has 0 aliphatic carbocycles. The maximum atomic E-state index is 13.1. The lowest BCUT2D eigenvalue weighted by Gasteiger charge is -2.33. The number of piperidine rings is 1. The third-order valence-corrected chi connectivity index (χ3v) is 6.37. The Labute approximate surface area is 169 Å². The average molecular weight is 398 g/mol. The van der Waals surface area contributed by atoms with Crippen molar-refractivity contribution in [2.75, 3.05) is 13.1 Å². The third kappa shape index (κ3) is 3.47. The van der Waals surface area contributed by atoms with Crippen LogP contribution >= 0.6 is 0 Å². The SMILES string of the molecule is CC(C)(NCc1cccc2c1C(=O)N(C1CCC(=O)NC1=O)C2=O)C1CCNC1. The van der Waals surface area contributed by atoms with Gasteiger partial charge in [-0.3, -0.25) is 29.4 Å². The highest BCUT2D eigenvalue weighted by Gasteiger charge is 2.45. The Bertz CT molecular complexity index is 889. The van der Waals surface area contributed by atoms with Gasteiger partial charge in [0.05, 0.1) is 11.1 Å². The molecular formula is C21H26N4O4. The fraction of sp³-hybridized carbons (Fsp3) is 0.524. The van der Waals surface area contributed by atoms with Crippen LogP contribution in [-0.4, -0.2) is 53.2 Å². The smallest absolute Gasteiger partial charge is 0.262 e. The van der Waals surface area contributed by atoms with Crippen LogP contribution < -0.4 is 16.0 Å². The van der Waals surface area contributed by atoms with Gasteiger partial charge in [-0.15, -0.1) is 0 Å². The number of hydrogen-bond donors (Lipinski definition) is 3. The minimum Gasteiger partial charge on any atom is -0.316 e. The van der Waals surface area contributed by atoms with E-state index < -0.39 is 23.8 Å². The molecule has 3 aliphatic heterocycles. The van der Waals surface area contributed by atoms with Crippen molar-refractivity contribution in [2.45, 2.75) is 51.2 Å². The van der Waals surface area contributed by atoms with Gasteiger partial charge in [0.25, 0.3) is 11.8 Å². The Morgan fingerprint density at radius 3 is 2.62 bits per heavy atom. The van der Waals surface area contributed by atoms with E-state index in [-0.39, 0.29) is 24.3 Å². The number of benzene rings is 1. The van der Waals surface area contributed by atoms with E-state index in [0.29, 0.717) is 23.6 Å². The van der Waals surface area contributed by atoms with E-state index in [1.54, 1.807) is 12.1 Å². The zero-order valence-electron chi connectivity index (χ0n) is 16.7. The van der Waals surface area contributed by atoms with Gasteiger partial charge >= 0.3 is 0 Å². The van der Waals surface area contributed by atoms with Crippen LogP contribution in [0.25, 0.3) is 0 Å². The van der Waals surface area contributed by atoms with Gasteiger partial charge in [0.1, 0.15) is 6.04 Å². The maximum absolute atomic E-state index is 13.1. The number of carbonyl (C=O) groups excluding carboxylic acids is 4. The molecule has 3 heterocycles. The minimum atomic E-state index is -0.943. The highest BCUT2D eigenvalue weighted by atomic mass is 16.2. The van der Waals surface area contributed by atoms with Crippen LogP contribution in [0.15, 0.2) is 18.2 Å². The second-order valence-corrected chi connectivity index (χ2v) is 8.55. The molecule has 2 unspecified atom stereocenters. The van der Waals surface area contributed by atoms with Crippen molar-refractivity contribution >= 4 is 23.6 Å². The van der Waals surface area contributed by atoms with Crippen molar-refractivity contribution in [3.63, 3.8) is 0 Å². The normalized spacial score (nSPS) is 24.8. The summed E-state index contributed by atoms with van der Waals surface area (Å²) in [5.41, 5.74) is 1.30. The van der Waals surface area contributed by atoms with E-state index in [1.165, 1.54) is 0 Å². The molecule has 0 bridgehead atoms. The summed E-state index contributed by atoms with van der Waals surface area (Å²) < 4.78 is 0. The van der Waals surface area contributed by atoms with Crippen LogP contribution in [0.4, 0.5) is 0 Å². The molecule has 2 atom stereocenters. The van der Waals surface area contributed by atoms with Gasteiger partial charge in [-0.05, 0) is 57.3 Å². The second-order valence-electron chi connectivity index (χ2n) is 8.55. The van der Waals surface area contributed by atoms with Gasteiger partial charge < -0.3 is 10.6 Å². The first-order chi connectivity index (χ1) is 13.8. The summed E-state index contributed by atoms with van der Waals surface area (Å²) in [6.07, 6.45) is 1.36. The van der Waals surface area contributed by atoms with Crippen molar-refractivity contribution in [2.24, 2.45) is 5.92 Å². The number of nitrogens with zero attached hydrogens (tertiary/aromatic N) is 1. The number of hydrogen-bond acceptors (Lipinski definition) is 6. The van der Waals surface area contributed by atoms with Gasteiger partial charge in [0, 0.05) is 18.5 Å². The molecule has 2 saturated heterocycles. The fourth-order valence-electron chi connectivity index (χ4n) is 4.47. The van der Waals surface area contributed by atoms with E-state index in [4.69, 9.17) is 0 Å². The third-order valence-electron chi connectivity index (χ3n) is 6.37. The fourth-order valence-corrected chi connectivity index (χ4v) is 4.47. The molecule has 154 valence electrons. The maximum Gasteiger partial charge on any atom is 0.262 e. The van der Waals surface area contributed by atoms with Crippen LogP contribution in [-0.2, 0) is 16.1 Å². The average Bonchev–Trinajstić information content (AvgIpc) is 3.30. The number of carbonyl (C=O) groups is 4. The first-order valence-electron chi connectivity index (χ1n) is 10.1. The van der Waals surface area contributed by atoms with Crippen molar-refractivity contribution in [1.29, 1.82) is 0 Å². The summed E-state index contributed by atoms with van der Waals surface area (Å²) in [7, 11) is 0. The molecular weight excluding hydrogens is 372 g/mol. The molecule has 2 fully saturated rings. The van der Waals surface area contributed by atoms with Gasteiger partial charge in [0.15, 0.2) is 0 Å². The van der Waals surface area contributed by atoms with Crippen molar-refractivity contribution < 1.29 is 19.2 Å². The molecule has 1 aromatic carbocycles. The monoisotopic (exact) mass is 398 g/mol. The van der Waals surface area contributed by atoms with Crippen LogP contribution in [0.3, 0.4) is 0 Å². The molecule has 0 spiro atoms. The van der Waals surface area contributed by atoms with E-state index >= 15 is 0 Å². The summed E-state index contributed by atoms with van der Waals surface area (Å²) in [5, 5.41) is 9.14. The summed E-state index contributed by atoms with van der Waals surface area (Å²) in [6, 6.07) is 4.28. The zero-order chi connectivity index (χ0) is 20.8. The standard InChI is InChI=1S/C21H26N4O4/c1-21(2,13-8-9-22-11-13)23-10-12-4-3-5-14-17(12)20(29)25(19(14)28)15-6-7-16(26)24-18(15)27/h3-5,13,15,22-23H,6-11H2,1-2H3,(H,24,26,27). The molecule has 4 rings (SSSR count). The Hall–Kier alpha value is -2.58. The zero-order valence-corrected chi connectivity index (χ0v) is 16.7. The molecule has 0 saturated carbocycles. The topological polar surface area (TPSA) is 108 Å². The summed E-state index contributed by atoms with van der Waals surface area (Å²) in [6.45, 7) is 6.71. The summed E-state index contributed by atoms with van der Waals surface area (Å²) in [4.78, 5) is 50.7. The predicted octanol–water partition coefficient (Wildman–Crippen LogP) is 0.566. The van der Waals surface area contributed by atoms with Crippen molar-refractivity contribution in [3.8, 4) is 0 Å². The van der Waals surface area contributed by atoms with Crippen LogP contribution in [0, 0.1) is 5.92 Å². The van der Waals surface area contributed by atoms with E-state index in [1.807, 2.05) is 6.07 Å². The van der Waals surface area contributed by atoms with Gasteiger partial charge in [-0.1, -0.05) is 12.1 Å². The van der Waals surface area contributed by atoms with Crippen molar-refractivity contribution in [1.82, 2.24) is 20.9 Å². The Morgan fingerprint density at radius 2 is 1.93 bits per heavy atom. The lowest BCUT2D eigenvalue weighted by molar-refractivity contribution is -0.136. The number of rotatable bonds is 5. The van der Waals surface area contributed by atoms with Gasteiger partial charge in [-0.2, -0.15) is 0 Å². The second kappa shape index (κ2) is 7.35. The van der Waals surface area contributed by atoms with E-state index in [0.717, 1.165) is 30.0 Å². The van der Waals surface area contributed by atoms with Crippen LogP contribution in [0.1, 0.15) is 59.4 Å². The predicted molar refractivity (Wildman–Crippen MR) is 105 cm³/mol. The first-order valence-corrected chi connectivity index (χ1v) is 10.1. The molecule has 29 heavy (non-hydrogen) atoms. The molecule has 0 aromatic heterocycles. The summed E-state index contributed by atoms with van der Waals surface area (Å²) in [5.74, 6) is -1.42. The Morgan fingerprint density at radius 1 is 1.14 bits per heavy atom. The highest BCUT2D eigenvalue weighted by Crippen LogP contribution is 2.31. The van der Waals surface area contributed by atoms with Crippen LogP contribution in [0.5, 0.6) is 0 Å². The van der Waals surface area contributed by atoms with Gasteiger partial charge in [0.2, 0.25) is 11.8 Å². The lowest BCUT2D eigenvalue weighted by atomic mass is 9.86. The Kier molecular flexibility index (Phi) is 5.00. The first kappa shape index (κ1) is 19.7. The Balaban J connectivity index is 1.56. The molecule has 3 aliphatic rings. The largest absolute Gasteiger partial charge is 0.316 e. The highest BCUT2D eigenvalue weighted by molar-refractivity contribution is 6.24. The van der Waals surface area contributed by atoms with Crippen molar-refractivity contribution in [3.05, 3.63) is 34.9 Å². The van der Waals surface area contributed by atoms with E-state index in [2.05, 4.69) is 29.8 Å². The number of nitrogens with one attached hydrogen (secondary N) is 3. The molecule has 3 N–H and O–H groups in total. The molecule has 8 nitrogen and oxygen atoms in total. The van der Waals surface area contributed by atoms with E-state index in [9.17, 15) is 19.2 Å². The molecule has 4 amide bonds. The molecule has 1 aromatic rings. The van der Waals surface area contributed by atoms with Gasteiger partial charge in [-0.25, -0.2) is 0 Å². The lowest BCUT2D eigenvalue weighted by Crippen LogP contribution is -2.54. The van der Waals surface area contributed by atoms with Crippen LogP contribution in [0.2, 0.25) is 0 Å². The number of imide groups is 2. The minimum absolute atomic E-state index is 0.113. The summed E-state index contributed by atoms with van der Waals surface area (Å²) >= 11 is 0. The quantitative estimate of drug-likeness (QED) is 0.626. The molecule has 8 heteroatoms. The molecule has 0 radical (unpaired) electrons. The number of amides is 4.